The standard InChI is InChI=1S/C21H27ClN4O3S2/c1-16(21(27)25-14-12-24(13-15-25)19-4-2-3-9-23-19)17-7-10-26(11-8-17)31(28,29)20-6-5-18(22)30-20/h2-6,9,16-17H,7-8,10-15H2,1H3/t16-/m1/s1. The van der Waals surface area contributed by atoms with Gasteiger partial charge in [-0.1, -0.05) is 24.6 Å². The molecule has 2 aliphatic rings. The number of rotatable bonds is 5. The van der Waals surface area contributed by atoms with Crippen LogP contribution < -0.4 is 4.90 Å². The molecule has 1 amide bonds. The lowest BCUT2D eigenvalue weighted by molar-refractivity contribution is -0.137. The molecule has 1 atom stereocenters. The van der Waals surface area contributed by atoms with Gasteiger partial charge in [-0.25, -0.2) is 13.4 Å². The molecule has 0 N–H and O–H groups in total. The minimum atomic E-state index is -3.50. The van der Waals surface area contributed by atoms with E-state index in [0.29, 0.717) is 43.4 Å². The average Bonchev–Trinajstić information content (AvgIpc) is 3.26. The first-order chi connectivity index (χ1) is 14.9. The van der Waals surface area contributed by atoms with Crippen molar-refractivity contribution in [2.75, 3.05) is 44.2 Å². The summed E-state index contributed by atoms with van der Waals surface area (Å²) in [6.07, 6.45) is 3.17. The summed E-state index contributed by atoms with van der Waals surface area (Å²) in [4.78, 5) is 21.6. The van der Waals surface area contributed by atoms with E-state index in [1.54, 1.807) is 18.3 Å². The second-order valence-electron chi connectivity index (χ2n) is 8.09. The maximum absolute atomic E-state index is 13.1. The number of aromatic nitrogens is 1. The summed E-state index contributed by atoms with van der Waals surface area (Å²) >= 11 is 6.99. The first-order valence-electron chi connectivity index (χ1n) is 10.6. The molecule has 2 aromatic rings. The number of pyridine rings is 1. The minimum Gasteiger partial charge on any atom is -0.353 e. The Morgan fingerprint density at radius 3 is 2.39 bits per heavy atom. The number of sulfonamides is 1. The molecule has 2 aliphatic heterocycles. The third-order valence-corrected chi connectivity index (χ3v) is 9.90. The van der Waals surface area contributed by atoms with Gasteiger partial charge in [-0.15, -0.1) is 11.3 Å². The summed E-state index contributed by atoms with van der Waals surface area (Å²) < 4.78 is 27.9. The van der Waals surface area contributed by atoms with E-state index in [9.17, 15) is 13.2 Å². The van der Waals surface area contributed by atoms with Gasteiger partial charge in [-0.2, -0.15) is 4.31 Å². The van der Waals surface area contributed by atoms with Crippen molar-refractivity contribution in [3.05, 3.63) is 40.9 Å². The van der Waals surface area contributed by atoms with Crippen LogP contribution in [0, 0.1) is 11.8 Å². The van der Waals surface area contributed by atoms with Gasteiger partial charge < -0.3 is 9.80 Å². The first-order valence-corrected chi connectivity index (χ1v) is 13.2. The zero-order valence-corrected chi connectivity index (χ0v) is 19.9. The van der Waals surface area contributed by atoms with Crippen LogP contribution in [0.2, 0.25) is 4.34 Å². The van der Waals surface area contributed by atoms with Crippen molar-refractivity contribution in [1.29, 1.82) is 0 Å². The van der Waals surface area contributed by atoms with Gasteiger partial charge >= 0.3 is 0 Å². The Balaban J connectivity index is 1.30. The van der Waals surface area contributed by atoms with E-state index >= 15 is 0 Å². The van der Waals surface area contributed by atoms with Crippen LogP contribution >= 0.6 is 22.9 Å². The normalized spacial score (nSPS) is 20.1. The average molecular weight is 483 g/mol. The molecule has 168 valence electrons. The number of amides is 1. The molecule has 0 aliphatic carbocycles. The van der Waals surface area contributed by atoms with E-state index in [1.165, 1.54) is 4.31 Å². The lowest BCUT2D eigenvalue weighted by atomic mass is 9.85. The monoisotopic (exact) mass is 482 g/mol. The van der Waals surface area contributed by atoms with Gasteiger partial charge in [0.1, 0.15) is 10.0 Å². The Morgan fingerprint density at radius 2 is 1.81 bits per heavy atom. The van der Waals surface area contributed by atoms with Gasteiger partial charge in [0.05, 0.1) is 4.34 Å². The molecule has 2 saturated heterocycles. The Hall–Kier alpha value is -1.68. The molecule has 0 saturated carbocycles. The Bertz CT molecular complexity index is 999. The molecule has 7 nitrogen and oxygen atoms in total. The molecule has 2 aromatic heterocycles. The second-order valence-corrected chi connectivity index (χ2v) is 12.0. The van der Waals surface area contributed by atoms with E-state index in [-0.39, 0.29) is 22.0 Å². The fourth-order valence-corrected chi connectivity index (χ4v) is 7.47. The number of hydrogen-bond donors (Lipinski definition) is 0. The van der Waals surface area contributed by atoms with Gasteiger partial charge in [-0.3, -0.25) is 4.79 Å². The van der Waals surface area contributed by atoms with Crippen LogP contribution in [0.3, 0.4) is 0 Å². The number of carbonyl (C=O) groups excluding carboxylic acids is 1. The summed E-state index contributed by atoms with van der Waals surface area (Å²) in [5, 5.41) is 0. The molecule has 0 bridgehead atoms. The summed E-state index contributed by atoms with van der Waals surface area (Å²) in [5.74, 6) is 1.21. The Labute approximate surface area is 192 Å². The van der Waals surface area contributed by atoms with Crippen LogP contribution in [0.4, 0.5) is 5.82 Å². The molecule has 0 spiro atoms. The SMILES string of the molecule is C[C@@H](C(=O)N1CCN(c2ccccn2)CC1)C1CCN(S(=O)(=O)c2ccc(Cl)s2)CC1. The van der Waals surface area contributed by atoms with Crippen LogP contribution in [-0.4, -0.2) is 67.8 Å². The van der Waals surface area contributed by atoms with Crippen LogP contribution in [0.25, 0.3) is 0 Å². The van der Waals surface area contributed by atoms with Crippen LogP contribution in [0.1, 0.15) is 19.8 Å². The summed E-state index contributed by atoms with van der Waals surface area (Å²) in [7, 11) is -3.50. The summed E-state index contributed by atoms with van der Waals surface area (Å²) in [5.41, 5.74) is 0. The molecule has 0 aromatic carbocycles. The molecular formula is C21H27ClN4O3S2. The number of hydrogen-bond acceptors (Lipinski definition) is 6. The highest BCUT2D eigenvalue weighted by Gasteiger charge is 2.36. The smallest absolute Gasteiger partial charge is 0.252 e. The van der Waals surface area contributed by atoms with Crippen LogP contribution in [-0.2, 0) is 14.8 Å². The molecule has 0 unspecified atom stereocenters. The molecule has 2 fully saturated rings. The van der Waals surface area contributed by atoms with Gasteiger partial charge in [-0.05, 0) is 43.0 Å². The van der Waals surface area contributed by atoms with Crippen LogP contribution in [0.5, 0.6) is 0 Å². The number of carbonyl (C=O) groups is 1. The molecule has 4 heterocycles. The predicted molar refractivity (Wildman–Crippen MR) is 123 cm³/mol. The van der Waals surface area contributed by atoms with Crippen molar-refractivity contribution >= 4 is 44.7 Å². The van der Waals surface area contributed by atoms with Crippen molar-refractivity contribution in [3.63, 3.8) is 0 Å². The predicted octanol–water partition coefficient (Wildman–Crippen LogP) is 3.18. The lowest BCUT2D eigenvalue weighted by Crippen LogP contribution is -2.51. The van der Waals surface area contributed by atoms with E-state index in [4.69, 9.17) is 11.6 Å². The van der Waals surface area contributed by atoms with E-state index < -0.39 is 10.0 Å². The molecule has 10 heteroatoms. The highest BCUT2D eigenvalue weighted by Crippen LogP contribution is 2.33. The van der Waals surface area contributed by atoms with Gasteiger partial charge in [0, 0.05) is 51.4 Å². The fraction of sp³-hybridized carbons (Fsp3) is 0.524. The van der Waals surface area contributed by atoms with E-state index in [0.717, 1.165) is 30.2 Å². The van der Waals surface area contributed by atoms with E-state index in [1.807, 2.05) is 30.0 Å². The third kappa shape index (κ3) is 4.89. The minimum absolute atomic E-state index is 0.109. The topological polar surface area (TPSA) is 73.8 Å². The van der Waals surface area contributed by atoms with Crippen molar-refractivity contribution < 1.29 is 13.2 Å². The maximum atomic E-state index is 13.1. The first kappa shape index (κ1) is 22.5. The summed E-state index contributed by atoms with van der Waals surface area (Å²) in [6.45, 7) is 5.78. The summed E-state index contributed by atoms with van der Waals surface area (Å²) in [6, 6.07) is 9.04. The van der Waals surface area contributed by atoms with E-state index in [2.05, 4.69) is 9.88 Å². The van der Waals surface area contributed by atoms with Gasteiger partial charge in [0.25, 0.3) is 10.0 Å². The highest BCUT2D eigenvalue weighted by atomic mass is 35.5. The number of halogens is 1. The van der Waals surface area contributed by atoms with Crippen molar-refractivity contribution in [2.45, 2.75) is 24.0 Å². The maximum Gasteiger partial charge on any atom is 0.252 e. The Kier molecular flexibility index (Phi) is 6.86. The van der Waals surface area contributed by atoms with Crippen molar-refractivity contribution in [1.82, 2.24) is 14.2 Å². The molecular weight excluding hydrogens is 456 g/mol. The van der Waals surface area contributed by atoms with Gasteiger partial charge in [0.15, 0.2) is 0 Å². The quantitative estimate of drug-likeness (QED) is 0.654. The van der Waals surface area contributed by atoms with Crippen molar-refractivity contribution in [2.24, 2.45) is 11.8 Å². The highest BCUT2D eigenvalue weighted by molar-refractivity contribution is 7.91. The number of piperidine rings is 1. The van der Waals surface area contributed by atoms with Crippen molar-refractivity contribution in [3.8, 4) is 0 Å². The zero-order chi connectivity index (χ0) is 22.0. The number of piperazine rings is 1. The second kappa shape index (κ2) is 9.44. The van der Waals surface area contributed by atoms with Gasteiger partial charge in [0.2, 0.25) is 5.91 Å². The molecule has 0 radical (unpaired) electrons. The number of anilines is 1. The zero-order valence-electron chi connectivity index (χ0n) is 17.5. The third-order valence-electron chi connectivity index (χ3n) is 6.30. The molecule has 31 heavy (non-hydrogen) atoms. The number of nitrogens with zero attached hydrogens (tertiary/aromatic N) is 4. The Morgan fingerprint density at radius 1 is 1.10 bits per heavy atom. The van der Waals surface area contributed by atoms with Crippen LogP contribution in [0.15, 0.2) is 40.7 Å². The fourth-order valence-electron chi connectivity index (χ4n) is 4.37. The molecule has 4 rings (SSSR count). The number of thiophene rings is 1. The lowest BCUT2D eigenvalue weighted by Gasteiger charge is -2.39. The largest absolute Gasteiger partial charge is 0.353 e.